The van der Waals surface area contributed by atoms with Crippen molar-refractivity contribution in [2.45, 2.75) is 58.1 Å². The van der Waals surface area contributed by atoms with E-state index >= 15 is 0 Å². The van der Waals surface area contributed by atoms with Crippen molar-refractivity contribution in [3.63, 3.8) is 0 Å². The molecule has 1 atom stereocenters. The van der Waals surface area contributed by atoms with E-state index in [1.807, 2.05) is 33.8 Å². The number of carbonyl (C=O) groups excluding carboxylic acids is 2. The van der Waals surface area contributed by atoms with Gasteiger partial charge in [0.25, 0.3) is 10.0 Å². The third kappa shape index (κ3) is 7.36. The number of anilines is 1. The predicted octanol–water partition coefficient (Wildman–Crippen LogP) is 5.09. The number of sulfonamides is 1. The Balaban J connectivity index is 2.05. The zero-order valence-electron chi connectivity index (χ0n) is 22.3. The Morgan fingerprint density at radius 3 is 2.03 bits per heavy atom. The summed E-state index contributed by atoms with van der Waals surface area (Å²) in [6.45, 7) is 8.68. The fourth-order valence-electron chi connectivity index (χ4n) is 4.12. The van der Waals surface area contributed by atoms with Crippen LogP contribution < -0.4 is 9.62 Å². The average molecular weight is 556 g/mol. The van der Waals surface area contributed by atoms with Gasteiger partial charge in [-0.3, -0.25) is 13.9 Å². The summed E-state index contributed by atoms with van der Waals surface area (Å²) in [5.41, 5.74) is 2.87. The highest BCUT2D eigenvalue weighted by Gasteiger charge is 2.32. The Morgan fingerprint density at radius 2 is 1.47 bits per heavy atom. The molecule has 0 spiro atoms. The lowest BCUT2D eigenvalue weighted by atomic mass is 10.1. The minimum Gasteiger partial charge on any atom is -0.352 e. The highest BCUT2D eigenvalue weighted by Crippen LogP contribution is 2.26. The zero-order chi connectivity index (χ0) is 28.0. The summed E-state index contributed by atoms with van der Waals surface area (Å²) in [6.07, 6.45) is 0. The molecule has 0 aliphatic rings. The second-order valence-electron chi connectivity index (χ2n) is 9.66. The SMILES string of the molecule is Cc1cc(C)cc(N(CC(=O)N(Cc2ccc(Cl)cc2)C(C)C(=O)NC(C)C)S(=O)(=O)c2ccccc2)c1. The Morgan fingerprint density at radius 1 is 0.895 bits per heavy atom. The number of amides is 2. The van der Waals surface area contributed by atoms with Gasteiger partial charge in [0.15, 0.2) is 0 Å². The minimum atomic E-state index is -4.09. The third-order valence-corrected chi connectivity index (χ3v) is 8.01. The van der Waals surface area contributed by atoms with Gasteiger partial charge in [-0.05, 0) is 87.7 Å². The van der Waals surface area contributed by atoms with Crippen LogP contribution in [0, 0.1) is 13.8 Å². The van der Waals surface area contributed by atoms with Gasteiger partial charge in [0.2, 0.25) is 11.8 Å². The molecule has 0 fully saturated rings. The van der Waals surface area contributed by atoms with E-state index in [0.717, 1.165) is 21.0 Å². The normalized spacial score (nSPS) is 12.2. The van der Waals surface area contributed by atoms with Gasteiger partial charge in [0.05, 0.1) is 10.6 Å². The van der Waals surface area contributed by atoms with Crippen LogP contribution in [0.25, 0.3) is 0 Å². The molecule has 3 aromatic rings. The lowest BCUT2D eigenvalue weighted by molar-refractivity contribution is -0.139. The van der Waals surface area contributed by atoms with E-state index in [9.17, 15) is 18.0 Å². The van der Waals surface area contributed by atoms with Crippen molar-refractivity contribution >= 4 is 39.1 Å². The van der Waals surface area contributed by atoms with Crippen LogP contribution in [0.15, 0.2) is 77.7 Å². The molecule has 7 nitrogen and oxygen atoms in total. The molecule has 202 valence electrons. The smallest absolute Gasteiger partial charge is 0.264 e. The van der Waals surface area contributed by atoms with E-state index in [4.69, 9.17) is 11.6 Å². The van der Waals surface area contributed by atoms with Crippen molar-refractivity contribution in [1.82, 2.24) is 10.2 Å². The lowest BCUT2D eigenvalue weighted by Crippen LogP contribution is -2.52. The molecule has 1 unspecified atom stereocenters. The van der Waals surface area contributed by atoms with Crippen LogP contribution in [-0.2, 0) is 26.2 Å². The van der Waals surface area contributed by atoms with Gasteiger partial charge in [-0.25, -0.2) is 8.42 Å². The summed E-state index contributed by atoms with van der Waals surface area (Å²) in [6, 6.07) is 19.4. The average Bonchev–Trinajstić information content (AvgIpc) is 2.85. The van der Waals surface area contributed by atoms with Gasteiger partial charge in [-0.2, -0.15) is 0 Å². The molecular weight excluding hydrogens is 522 g/mol. The number of nitrogens with one attached hydrogen (secondary N) is 1. The first-order valence-electron chi connectivity index (χ1n) is 12.4. The maximum atomic E-state index is 13.9. The van der Waals surface area contributed by atoms with E-state index in [1.54, 1.807) is 61.5 Å². The van der Waals surface area contributed by atoms with Crippen LogP contribution in [0.2, 0.25) is 5.02 Å². The van der Waals surface area contributed by atoms with E-state index in [2.05, 4.69) is 5.32 Å². The van der Waals surface area contributed by atoms with E-state index in [1.165, 1.54) is 17.0 Å². The molecule has 0 saturated carbocycles. The number of rotatable bonds is 10. The summed E-state index contributed by atoms with van der Waals surface area (Å²) in [5, 5.41) is 3.39. The first kappa shape index (κ1) is 29.2. The molecule has 0 bridgehead atoms. The van der Waals surface area contributed by atoms with Crippen LogP contribution in [0.1, 0.15) is 37.5 Å². The van der Waals surface area contributed by atoms with Gasteiger partial charge in [0, 0.05) is 17.6 Å². The fraction of sp³-hybridized carbons (Fsp3) is 0.310. The standard InChI is InChI=1S/C29H34ClN3O4S/c1-20(2)31-29(35)23(5)32(18-24-11-13-25(30)14-12-24)28(34)19-33(26-16-21(3)15-22(4)17-26)38(36,37)27-9-7-6-8-10-27/h6-17,20,23H,18-19H2,1-5H3,(H,31,35). The summed E-state index contributed by atoms with van der Waals surface area (Å²) in [4.78, 5) is 28.3. The van der Waals surface area contributed by atoms with Crippen LogP contribution in [0.5, 0.6) is 0 Å². The number of nitrogens with zero attached hydrogens (tertiary/aromatic N) is 2. The number of halogens is 1. The third-order valence-electron chi connectivity index (χ3n) is 5.97. The molecule has 1 N–H and O–H groups in total. The molecule has 38 heavy (non-hydrogen) atoms. The number of hydrogen-bond acceptors (Lipinski definition) is 4. The largest absolute Gasteiger partial charge is 0.352 e. The van der Waals surface area contributed by atoms with Crippen molar-refractivity contribution in [3.8, 4) is 0 Å². The van der Waals surface area contributed by atoms with Crippen molar-refractivity contribution < 1.29 is 18.0 Å². The summed E-state index contributed by atoms with van der Waals surface area (Å²) < 4.78 is 28.8. The number of hydrogen-bond donors (Lipinski definition) is 1. The fourth-order valence-corrected chi connectivity index (χ4v) is 5.66. The van der Waals surface area contributed by atoms with Crippen LogP contribution in [0.4, 0.5) is 5.69 Å². The number of aryl methyl sites for hydroxylation is 2. The Kier molecular flexibility index (Phi) is 9.57. The first-order valence-corrected chi connectivity index (χ1v) is 14.2. The monoisotopic (exact) mass is 555 g/mol. The predicted molar refractivity (Wildman–Crippen MR) is 152 cm³/mol. The number of carbonyl (C=O) groups is 2. The molecule has 0 heterocycles. The minimum absolute atomic E-state index is 0.0711. The molecule has 3 rings (SSSR count). The van der Waals surface area contributed by atoms with Gasteiger partial charge >= 0.3 is 0 Å². The molecule has 0 radical (unpaired) electrons. The van der Waals surface area contributed by atoms with Gasteiger partial charge in [-0.1, -0.05) is 48.0 Å². The first-order chi connectivity index (χ1) is 17.9. The Hall–Kier alpha value is -3.36. The maximum absolute atomic E-state index is 13.9. The molecular formula is C29H34ClN3O4S. The van der Waals surface area contributed by atoms with Crippen LogP contribution in [-0.4, -0.2) is 43.8 Å². The van der Waals surface area contributed by atoms with E-state index in [0.29, 0.717) is 10.7 Å². The topological polar surface area (TPSA) is 86.8 Å². The van der Waals surface area contributed by atoms with E-state index < -0.39 is 28.5 Å². The molecule has 0 saturated heterocycles. The van der Waals surface area contributed by atoms with Gasteiger partial charge in [0.1, 0.15) is 12.6 Å². The van der Waals surface area contributed by atoms with Crippen molar-refractivity contribution in [2.24, 2.45) is 0 Å². The Bertz CT molecular complexity index is 1360. The number of benzene rings is 3. The maximum Gasteiger partial charge on any atom is 0.264 e. The lowest BCUT2D eigenvalue weighted by Gasteiger charge is -2.32. The van der Waals surface area contributed by atoms with Gasteiger partial charge in [-0.15, -0.1) is 0 Å². The van der Waals surface area contributed by atoms with Crippen molar-refractivity contribution in [3.05, 3.63) is 94.5 Å². The Labute approximate surface area is 230 Å². The summed E-state index contributed by atoms with van der Waals surface area (Å²) in [5.74, 6) is -0.837. The van der Waals surface area contributed by atoms with Crippen LogP contribution >= 0.6 is 11.6 Å². The molecule has 2 amide bonds. The quantitative estimate of drug-likeness (QED) is 0.377. The molecule has 3 aromatic carbocycles. The molecule has 0 aliphatic carbocycles. The zero-order valence-corrected chi connectivity index (χ0v) is 23.9. The van der Waals surface area contributed by atoms with Crippen molar-refractivity contribution in [2.75, 3.05) is 10.8 Å². The highest BCUT2D eigenvalue weighted by atomic mass is 35.5. The second kappa shape index (κ2) is 12.5. The molecule has 0 aliphatic heterocycles. The molecule has 9 heteroatoms. The van der Waals surface area contributed by atoms with Crippen molar-refractivity contribution in [1.29, 1.82) is 0 Å². The summed E-state index contributed by atoms with van der Waals surface area (Å²) >= 11 is 6.03. The van der Waals surface area contributed by atoms with Gasteiger partial charge < -0.3 is 10.2 Å². The van der Waals surface area contributed by atoms with E-state index in [-0.39, 0.29) is 23.4 Å². The highest BCUT2D eigenvalue weighted by molar-refractivity contribution is 7.92. The molecule has 0 aromatic heterocycles. The summed E-state index contributed by atoms with van der Waals surface area (Å²) in [7, 11) is -4.09. The second-order valence-corrected chi connectivity index (χ2v) is 12.0. The van der Waals surface area contributed by atoms with Crippen LogP contribution in [0.3, 0.4) is 0 Å².